The van der Waals surface area contributed by atoms with E-state index in [9.17, 15) is 48.9 Å². The molecule has 0 aromatic heterocycles. The molecule has 2 aromatic carbocycles. The molecule has 0 unspecified atom stereocenters. The number of nitrogen functional groups attached to an aromatic ring is 1. The highest BCUT2D eigenvalue weighted by Gasteiger charge is 2.64. The van der Waals surface area contributed by atoms with Gasteiger partial charge < -0.3 is 65.3 Å². The number of thiol groups is 1. The molecule has 21 nitrogen and oxygen atoms in total. The molecular formula is C65H98ClN7O14S. The van der Waals surface area contributed by atoms with Gasteiger partial charge in [0.2, 0.25) is 23.6 Å². The van der Waals surface area contributed by atoms with Gasteiger partial charge in [0.1, 0.15) is 36.0 Å². The van der Waals surface area contributed by atoms with Gasteiger partial charge in [0.15, 0.2) is 5.72 Å². The van der Waals surface area contributed by atoms with Crippen LogP contribution in [-0.2, 0) is 66.2 Å². The zero-order valence-corrected chi connectivity index (χ0v) is 56.5. The predicted molar refractivity (Wildman–Crippen MR) is 344 cm³/mol. The number of fused-ring (bicyclic) bond motifs is 5. The molecule has 2 saturated heterocycles. The number of carboxylic acids is 1. The predicted octanol–water partition coefficient (Wildman–Crippen LogP) is 7.67. The van der Waals surface area contributed by atoms with Crippen LogP contribution in [-0.4, -0.2) is 167 Å². The summed E-state index contributed by atoms with van der Waals surface area (Å²) >= 11 is 11.2. The minimum Gasteiger partial charge on any atom is -0.478 e. The molecule has 8 N–H and O–H groups in total. The zero-order valence-electron chi connectivity index (χ0n) is 54.9. The van der Waals surface area contributed by atoms with Crippen LogP contribution >= 0.6 is 24.2 Å². The highest BCUT2D eigenvalue weighted by molar-refractivity contribution is 7.81. The summed E-state index contributed by atoms with van der Waals surface area (Å²) in [5.74, 6) is -3.65. The van der Waals surface area contributed by atoms with Crippen LogP contribution in [0.5, 0.6) is 0 Å². The minimum absolute atomic E-state index is 0.0258. The summed E-state index contributed by atoms with van der Waals surface area (Å²) in [7, 11) is 7.86. The Morgan fingerprint density at radius 3 is 2.22 bits per heavy atom. The number of aliphatic hydroxyl groups is 2. The number of benzene rings is 2. The zero-order chi connectivity index (χ0) is 66.9. The second-order valence-corrected chi connectivity index (χ2v) is 28.1. The van der Waals surface area contributed by atoms with E-state index < -0.39 is 101 Å². The SMILES string of the molecule is CN[C@H](C(=O)N[C@H](C(=O)N(C)[C@H](/C=C(\C)C(=O)O)C(C)C)C(C)(C)C)C(C)(C)c1cccc(N)c1.CO[C@@H]1/C=C/C=C(/C)Cc2cc(CO)c(Cl)c(c2)N(C)C(=O)C[C@H](OC(=O)[C@H](C)N(C)C(=O)CCC(C)(C)S)[C@]2(C)O[C@H]2[C@H](C)[C@@H]2C[C@@]1(O)NC(=O)O2. The number of hydrogen-bond acceptors (Lipinski definition) is 16. The molecular weight excluding hydrogens is 1170 g/mol. The monoisotopic (exact) mass is 1270 g/mol. The summed E-state index contributed by atoms with van der Waals surface area (Å²) in [6.45, 7) is 25.3. The Kier molecular flexibility index (Phi) is 25.6. The second kappa shape index (κ2) is 30.2. The Balaban J connectivity index is 0.000000411. The Labute approximate surface area is 530 Å². The summed E-state index contributed by atoms with van der Waals surface area (Å²) in [6, 6.07) is 8.05. The van der Waals surface area contributed by atoms with E-state index in [0.717, 1.165) is 16.7 Å². The molecule has 490 valence electrons. The van der Waals surface area contributed by atoms with E-state index in [1.165, 1.54) is 35.8 Å². The number of rotatable bonds is 18. The van der Waals surface area contributed by atoms with E-state index in [1.807, 2.05) is 93.5 Å². The number of aliphatic hydroxyl groups excluding tert-OH is 1. The van der Waals surface area contributed by atoms with Gasteiger partial charge in [-0.05, 0) is 93.8 Å². The third kappa shape index (κ3) is 18.8. The highest BCUT2D eigenvalue weighted by Crippen LogP contribution is 2.49. The van der Waals surface area contributed by atoms with Crippen LogP contribution < -0.4 is 26.6 Å². The van der Waals surface area contributed by atoms with Gasteiger partial charge in [-0.3, -0.25) is 24.5 Å². The van der Waals surface area contributed by atoms with Crippen molar-refractivity contribution < 1.29 is 67.8 Å². The van der Waals surface area contributed by atoms with E-state index >= 15 is 0 Å². The first-order valence-electron chi connectivity index (χ1n) is 29.7. The number of alkyl carbamates (subject to hydrolysis) is 1. The molecule has 3 aliphatic heterocycles. The van der Waals surface area contributed by atoms with Crippen molar-refractivity contribution in [3.8, 4) is 0 Å². The van der Waals surface area contributed by atoms with Crippen molar-refractivity contribution in [3.63, 3.8) is 0 Å². The van der Waals surface area contributed by atoms with Gasteiger partial charge in [-0.15, -0.1) is 0 Å². The Morgan fingerprint density at radius 2 is 1.67 bits per heavy atom. The number of anilines is 2. The van der Waals surface area contributed by atoms with Crippen molar-refractivity contribution in [3.05, 3.63) is 93.6 Å². The van der Waals surface area contributed by atoms with Crippen LogP contribution in [0.25, 0.3) is 0 Å². The molecule has 23 heteroatoms. The van der Waals surface area contributed by atoms with Crippen LogP contribution in [0.3, 0.4) is 0 Å². The number of ether oxygens (including phenoxy) is 4. The summed E-state index contributed by atoms with van der Waals surface area (Å²) in [4.78, 5) is 96.6. The molecule has 0 aliphatic carbocycles. The largest absolute Gasteiger partial charge is 0.478 e. The fourth-order valence-corrected chi connectivity index (χ4v) is 11.5. The number of nitrogens with one attached hydrogen (secondary N) is 3. The van der Waals surface area contributed by atoms with Crippen LogP contribution in [0.2, 0.25) is 5.02 Å². The molecule has 88 heavy (non-hydrogen) atoms. The van der Waals surface area contributed by atoms with E-state index in [0.29, 0.717) is 29.8 Å². The average molecular weight is 1270 g/mol. The molecule has 0 radical (unpaired) electrons. The number of methoxy groups -OCH3 is 1. The molecule has 3 heterocycles. The number of halogens is 1. The molecule has 0 saturated carbocycles. The number of amides is 5. The smallest absolute Gasteiger partial charge is 0.409 e. The molecule has 11 atom stereocenters. The normalized spacial score (nSPS) is 25.1. The first kappa shape index (κ1) is 74.5. The van der Waals surface area contributed by atoms with Gasteiger partial charge in [-0.2, -0.15) is 12.6 Å². The van der Waals surface area contributed by atoms with Gasteiger partial charge >= 0.3 is 18.0 Å². The fraction of sp³-hybridized carbons (Fsp3) is 0.615. The number of carbonyl (C=O) groups is 7. The number of epoxide rings is 1. The van der Waals surface area contributed by atoms with Crippen molar-refractivity contribution in [1.29, 1.82) is 0 Å². The lowest BCUT2D eigenvalue weighted by Gasteiger charge is -2.42. The first-order valence-corrected chi connectivity index (χ1v) is 30.6. The van der Waals surface area contributed by atoms with Crippen molar-refractivity contribution >= 4 is 77.3 Å². The van der Waals surface area contributed by atoms with Gasteiger partial charge in [0.05, 0.1) is 41.9 Å². The van der Waals surface area contributed by atoms with Crippen LogP contribution in [0.1, 0.15) is 139 Å². The van der Waals surface area contributed by atoms with Crippen molar-refractivity contribution in [2.45, 2.75) is 206 Å². The summed E-state index contributed by atoms with van der Waals surface area (Å²) in [5, 5.41) is 40.0. The molecule has 4 bridgehead atoms. The number of likely N-dealkylation sites (N-methyl/N-ethyl adjacent to an activating group) is 3. The van der Waals surface area contributed by atoms with Crippen LogP contribution in [0, 0.1) is 17.3 Å². The molecule has 2 aromatic rings. The first-order chi connectivity index (χ1) is 40.6. The van der Waals surface area contributed by atoms with E-state index in [1.54, 1.807) is 78.3 Å². The maximum absolute atomic E-state index is 14.1. The van der Waals surface area contributed by atoms with Crippen molar-refractivity contribution in [2.24, 2.45) is 17.3 Å². The molecule has 0 spiro atoms. The highest BCUT2D eigenvalue weighted by atomic mass is 35.5. The maximum Gasteiger partial charge on any atom is 0.409 e. The van der Waals surface area contributed by atoms with E-state index in [2.05, 4.69) is 28.6 Å². The van der Waals surface area contributed by atoms with Gasteiger partial charge in [0, 0.05) is 68.4 Å². The number of carbonyl (C=O) groups excluding carboxylic acids is 6. The number of esters is 1. The van der Waals surface area contributed by atoms with Crippen molar-refractivity contribution in [1.82, 2.24) is 25.8 Å². The molecule has 5 amide bonds. The number of carboxylic acid groups (broad SMARTS) is 1. The molecule has 3 aliphatic rings. The van der Waals surface area contributed by atoms with Crippen molar-refractivity contribution in [2.75, 3.05) is 45.9 Å². The molecule has 2 fully saturated rings. The third-order valence-electron chi connectivity index (χ3n) is 17.1. The average Bonchev–Trinajstić information content (AvgIpc) is 1.84. The number of nitrogens with zero attached hydrogens (tertiary/aromatic N) is 3. The number of nitrogens with two attached hydrogens (primary N) is 1. The number of aliphatic carboxylic acids is 1. The Morgan fingerprint density at radius 1 is 1.03 bits per heavy atom. The minimum atomic E-state index is -1.84. The fourth-order valence-electron chi connectivity index (χ4n) is 11.1. The quantitative estimate of drug-likeness (QED) is 0.0234. The van der Waals surface area contributed by atoms with Gasteiger partial charge in [-0.1, -0.05) is 129 Å². The van der Waals surface area contributed by atoms with E-state index in [4.69, 9.17) is 36.3 Å². The Hall–Kier alpha value is -6.01. The Bertz CT molecular complexity index is 2960. The van der Waals surface area contributed by atoms with Gasteiger partial charge in [-0.25, -0.2) is 14.4 Å². The summed E-state index contributed by atoms with van der Waals surface area (Å²) < 4.78 is 23.2. The summed E-state index contributed by atoms with van der Waals surface area (Å²) in [5.41, 5.74) is 5.83. The third-order valence-corrected chi connectivity index (χ3v) is 17.7. The van der Waals surface area contributed by atoms with Crippen LogP contribution in [0.4, 0.5) is 16.2 Å². The number of allylic oxidation sites excluding steroid dienone is 3. The summed E-state index contributed by atoms with van der Waals surface area (Å²) in [6.07, 6.45) is 3.00. The van der Waals surface area contributed by atoms with E-state index in [-0.39, 0.29) is 64.9 Å². The maximum atomic E-state index is 14.1. The topological polar surface area (TPSA) is 292 Å². The lowest BCUT2D eigenvalue weighted by Crippen LogP contribution is -2.63. The van der Waals surface area contributed by atoms with Crippen LogP contribution in [0.15, 0.2) is 71.8 Å². The lowest BCUT2D eigenvalue weighted by molar-refractivity contribution is -0.162. The second-order valence-electron chi connectivity index (χ2n) is 26.5. The molecule has 5 rings (SSSR count). The lowest BCUT2D eigenvalue weighted by atomic mass is 9.76. The standard InChI is InChI=1S/C38H54ClN3O10S.C27H44N4O4/c1-21-11-10-12-28(49-9)38(48)19-27(50-35(47)40-38)22(2)33-37(6,52-33)29(51-34(46)23(3)41(7)30(44)13-14-36(4,5)53)18-31(45)42(8)26-17-24(15-21)16-25(20-43)32(26)39;1-16(2)20(14-17(3)25(34)35)31(10)24(33)22(26(4,5)6)30-23(32)21(29-9)27(7,8)18-12-11-13-19(28)15-18/h10-12,16-17,22-23,27-29,33,43,48,53H,13-15,18-20H2,1-9H3,(H,40,47);11-16,20-22,29H,28H2,1-10H3,(H,30,32)(H,34,35)/b12-10+,21-11-;17-14+/t22-,23+,27+,28-,29+,33+,37+,38+;20-,21-,22-/m11/s1. The van der Waals surface area contributed by atoms with Gasteiger partial charge in [0.25, 0.3) is 0 Å². The number of hydrogen-bond donors (Lipinski definition) is 8.